The van der Waals surface area contributed by atoms with E-state index in [1.165, 1.54) is 11.3 Å². The van der Waals surface area contributed by atoms with Gasteiger partial charge in [0.25, 0.3) is 5.91 Å². The number of hydrogen-bond acceptors (Lipinski definition) is 3. The summed E-state index contributed by atoms with van der Waals surface area (Å²) in [5.74, 6) is 5.42. The van der Waals surface area contributed by atoms with E-state index >= 15 is 0 Å². The summed E-state index contributed by atoms with van der Waals surface area (Å²) < 4.78 is 1.02. The molecule has 0 fully saturated rings. The molecule has 0 saturated heterocycles. The number of nitrogens with one attached hydrogen (secondary N) is 1. The molecule has 0 aliphatic rings. The van der Waals surface area contributed by atoms with Gasteiger partial charge in [-0.25, -0.2) is 4.98 Å². The number of amides is 1. The van der Waals surface area contributed by atoms with Crippen LogP contribution in [0.15, 0.2) is 23.7 Å². The molecular weight excluding hydrogens is 268 g/mol. The van der Waals surface area contributed by atoms with E-state index in [0.717, 1.165) is 10.2 Å². The van der Waals surface area contributed by atoms with Gasteiger partial charge in [0.2, 0.25) is 0 Å². The third kappa shape index (κ3) is 5.41. The molecule has 0 radical (unpaired) electrons. The Morgan fingerprint density at radius 3 is 2.65 bits per heavy atom. The van der Waals surface area contributed by atoms with Gasteiger partial charge >= 0.3 is 0 Å². The Balaban J connectivity index is 0.000000829. The largest absolute Gasteiger partial charge is 0.341 e. The third-order valence-electron chi connectivity index (χ3n) is 2.11. The molecular formula is C16H22N2OS. The number of hydrogen-bond donors (Lipinski definition) is 1. The van der Waals surface area contributed by atoms with Crippen molar-refractivity contribution in [2.45, 2.75) is 34.6 Å². The Kier molecular flexibility index (Phi) is 9.98. The van der Waals surface area contributed by atoms with E-state index in [9.17, 15) is 4.79 Å². The molecule has 1 N–H and O–H groups in total. The fraction of sp³-hybridized carbons (Fsp3) is 0.375. The molecule has 1 aromatic carbocycles. The topological polar surface area (TPSA) is 42.0 Å². The second-order valence-corrected chi connectivity index (χ2v) is 4.03. The first-order valence-electron chi connectivity index (χ1n) is 6.82. The summed E-state index contributed by atoms with van der Waals surface area (Å²) >= 11 is 1.53. The number of aromatic nitrogens is 1. The van der Waals surface area contributed by atoms with Crippen LogP contribution in [-0.2, 0) is 0 Å². The van der Waals surface area contributed by atoms with Gasteiger partial charge in [-0.15, -0.1) is 17.3 Å². The Morgan fingerprint density at radius 1 is 1.30 bits per heavy atom. The lowest BCUT2D eigenvalue weighted by Gasteiger charge is -2.00. The van der Waals surface area contributed by atoms with E-state index in [1.54, 1.807) is 18.5 Å². The van der Waals surface area contributed by atoms with Crippen LogP contribution in [0, 0.1) is 11.8 Å². The van der Waals surface area contributed by atoms with Gasteiger partial charge in [0, 0.05) is 5.56 Å². The third-order valence-corrected chi connectivity index (χ3v) is 2.90. The molecule has 0 spiro atoms. The SMILES string of the molecule is CC.CC.CC#CCNC(=O)c1ccc2ncsc2c1. The van der Waals surface area contributed by atoms with Gasteiger partial charge in [0.15, 0.2) is 0 Å². The number of rotatable bonds is 2. The minimum atomic E-state index is -0.0990. The number of benzene rings is 1. The van der Waals surface area contributed by atoms with Gasteiger partial charge < -0.3 is 5.32 Å². The number of carbonyl (C=O) groups is 1. The minimum Gasteiger partial charge on any atom is -0.341 e. The van der Waals surface area contributed by atoms with Crippen molar-refractivity contribution in [2.24, 2.45) is 0 Å². The van der Waals surface area contributed by atoms with E-state index in [0.29, 0.717) is 12.1 Å². The van der Waals surface area contributed by atoms with Gasteiger partial charge in [-0.05, 0) is 25.1 Å². The average Bonchev–Trinajstić information content (AvgIpc) is 2.99. The van der Waals surface area contributed by atoms with Crippen LogP contribution in [0.4, 0.5) is 0 Å². The predicted molar refractivity (Wildman–Crippen MR) is 88.1 cm³/mol. The highest BCUT2D eigenvalue weighted by molar-refractivity contribution is 7.16. The van der Waals surface area contributed by atoms with Crippen molar-refractivity contribution in [1.29, 1.82) is 0 Å². The van der Waals surface area contributed by atoms with Crippen LogP contribution in [-0.4, -0.2) is 17.4 Å². The average molecular weight is 290 g/mol. The molecule has 108 valence electrons. The molecule has 0 unspecified atom stereocenters. The maximum absolute atomic E-state index is 11.7. The standard InChI is InChI=1S/C12H10N2OS.2C2H6/c1-2-3-6-13-12(15)9-4-5-10-11(7-9)16-8-14-10;2*1-2/h4-5,7-8H,6H2,1H3,(H,13,15);2*1-2H3. The highest BCUT2D eigenvalue weighted by Crippen LogP contribution is 2.18. The number of carbonyl (C=O) groups excluding carboxylic acids is 1. The maximum atomic E-state index is 11.7. The fourth-order valence-electron chi connectivity index (χ4n) is 1.31. The summed E-state index contributed by atoms with van der Waals surface area (Å²) in [5.41, 5.74) is 3.35. The van der Waals surface area contributed by atoms with Gasteiger partial charge in [0.05, 0.1) is 22.3 Å². The van der Waals surface area contributed by atoms with E-state index < -0.39 is 0 Å². The quantitative estimate of drug-likeness (QED) is 0.846. The number of fused-ring (bicyclic) bond motifs is 1. The first-order valence-corrected chi connectivity index (χ1v) is 7.70. The summed E-state index contributed by atoms with van der Waals surface area (Å²) in [4.78, 5) is 15.8. The van der Waals surface area contributed by atoms with Gasteiger partial charge in [-0.3, -0.25) is 4.79 Å². The zero-order valence-electron chi connectivity index (χ0n) is 12.8. The summed E-state index contributed by atoms with van der Waals surface area (Å²) in [6.07, 6.45) is 0. The molecule has 1 aromatic heterocycles. The fourth-order valence-corrected chi connectivity index (χ4v) is 2.03. The van der Waals surface area contributed by atoms with Gasteiger partial charge in [0.1, 0.15) is 0 Å². The Morgan fingerprint density at radius 2 is 2.00 bits per heavy atom. The molecule has 0 aliphatic heterocycles. The maximum Gasteiger partial charge on any atom is 0.252 e. The molecule has 0 aliphatic carbocycles. The van der Waals surface area contributed by atoms with Crippen LogP contribution < -0.4 is 5.32 Å². The monoisotopic (exact) mass is 290 g/mol. The summed E-state index contributed by atoms with van der Waals surface area (Å²) in [7, 11) is 0. The summed E-state index contributed by atoms with van der Waals surface area (Å²) in [6, 6.07) is 5.48. The Labute approximate surface area is 125 Å². The molecule has 3 nitrogen and oxygen atoms in total. The lowest BCUT2D eigenvalue weighted by molar-refractivity contribution is 0.0959. The van der Waals surface area contributed by atoms with Crippen LogP contribution in [0.2, 0.25) is 0 Å². The van der Waals surface area contributed by atoms with Crippen molar-refractivity contribution < 1.29 is 4.79 Å². The zero-order valence-corrected chi connectivity index (χ0v) is 13.6. The Hall–Kier alpha value is -1.86. The highest BCUT2D eigenvalue weighted by atomic mass is 32.1. The number of thiazole rings is 1. The van der Waals surface area contributed by atoms with E-state index in [4.69, 9.17) is 0 Å². The predicted octanol–water partition coefficient (Wildman–Crippen LogP) is 4.10. The molecule has 0 bridgehead atoms. The zero-order chi connectivity index (χ0) is 15.4. The van der Waals surface area contributed by atoms with Crippen molar-refractivity contribution >= 4 is 27.5 Å². The second-order valence-electron chi connectivity index (χ2n) is 3.14. The lowest BCUT2D eigenvalue weighted by atomic mass is 10.2. The molecule has 2 rings (SSSR count). The molecule has 0 saturated carbocycles. The van der Waals surface area contributed by atoms with Gasteiger partial charge in [-0.2, -0.15) is 0 Å². The molecule has 20 heavy (non-hydrogen) atoms. The second kappa shape index (κ2) is 11.0. The molecule has 2 aromatic rings. The van der Waals surface area contributed by atoms with Crippen molar-refractivity contribution in [1.82, 2.24) is 10.3 Å². The Bertz CT molecular complexity index is 579. The summed E-state index contributed by atoms with van der Waals surface area (Å²) in [5, 5.41) is 2.73. The van der Waals surface area contributed by atoms with Crippen LogP contribution in [0.3, 0.4) is 0 Å². The van der Waals surface area contributed by atoms with Crippen LogP contribution in [0.5, 0.6) is 0 Å². The smallest absolute Gasteiger partial charge is 0.252 e. The van der Waals surface area contributed by atoms with Crippen LogP contribution >= 0.6 is 11.3 Å². The van der Waals surface area contributed by atoms with E-state index in [-0.39, 0.29) is 5.91 Å². The molecule has 1 heterocycles. The van der Waals surface area contributed by atoms with Crippen molar-refractivity contribution in [2.75, 3.05) is 6.54 Å². The van der Waals surface area contributed by atoms with Gasteiger partial charge in [-0.1, -0.05) is 33.6 Å². The minimum absolute atomic E-state index is 0.0990. The first-order chi connectivity index (χ1) is 9.81. The molecule has 4 heteroatoms. The first kappa shape index (κ1) is 18.1. The van der Waals surface area contributed by atoms with Crippen molar-refractivity contribution in [3.05, 3.63) is 29.3 Å². The lowest BCUT2D eigenvalue weighted by Crippen LogP contribution is -2.23. The van der Waals surface area contributed by atoms with E-state index in [1.807, 2.05) is 39.8 Å². The summed E-state index contributed by atoms with van der Waals surface area (Å²) in [6.45, 7) is 10.1. The number of nitrogens with zero attached hydrogens (tertiary/aromatic N) is 1. The van der Waals surface area contributed by atoms with Crippen molar-refractivity contribution in [3.8, 4) is 11.8 Å². The van der Waals surface area contributed by atoms with Crippen LogP contribution in [0.1, 0.15) is 45.0 Å². The van der Waals surface area contributed by atoms with Crippen LogP contribution in [0.25, 0.3) is 10.2 Å². The highest BCUT2D eigenvalue weighted by Gasteiger charge is 2.05. The van der Waals surface area contributed by atoms with E-state index in [2.05, 4.69) is 22.1 Å². The molecule has 1 amide bonds. The van der Waals surface area contributed by atoms with Crippen molar-refractivity contribution in [3.63, 3.8) is 0 Å². The normalized spacial score (nSPS) is 8.25. The molecule has 0 atom stereocenters.